The van der Waals surface area contributed by atoms with Crippen LogP contribution in [0.5, 0.6) is 5.75 Å². The third kappa shape index (κ3) is 3.52. The van der Waals surface area contributed by atoms with Gasteiger partial charge in [-0.1, -0.05) is 24.3 Å². The molecule has 8 heteroatoms. The molecule has 0 saturated carbocycles. The van der Waals surface area contributed by atoms with Gasteiger partial charge in [0.1, 0.15) is 11.6 Å². The van der Waals surface area contributed by atoms with Gasteiger partial charge >= 0.3 is 0 Å². The molecule has 0 spiro atoms. The van der Waals surface area contributed by atoms with Crippen molar-refractivity contribution in [2.24, 2.45) is 0 Å². The van der Waals surface area contributed by atoms with Gasteiger partial charge < -0.3 is 4.74 Å². The first kappa shape index (κ1) is 17.2. The van der Waals surface area contributed by atoms with Crippen LogP contribution < -0.4 is 10.1 Å². The molecule has 0 radical (unpaired) electrons. The van der Waals surface area contributed by atoms with E-state index >= 15 is 0 Å². The van der Waals surface area contributed by atoms with Crippen LogP contribution >= 0.6 is 11.3 Å². The third-order valence-corrected chi connectivity index (χ3v) is 4.81. The van der Waals surface area contributed by atoms with Crippen molar-refractivity contribution in [1.82, 2.24) is 14.6 Å². The lowest BCUT2D eigenvalue weighted by Crippen LogP contribution is -2.15. The minimum atomic E-state index is -0.334. The summed E-state index contributed by atoms with van der Waals surface area (Å²) in [4.78, 5) is 17.2. The molecule has 0 fully saturated rings. The van der Waals surface area contributed by atoms with Gasteiger partial charge in [0.25, 0.3) is 0 Å². The summed E-state index contributed by atoms with van der Waals surface area (Å²) in [5, 5.41) is 9.02. The van der Waals surface area contributed by atoms with Crippen molar-refractivity contribution in [1.29, 1.82) is 0 Å². The summed E-state index contributed by atoms with van der Waals surface area (Å²) in [6.07, 6.45) is 0.118. The van der Waals surface area contributed by atoms with Crippen molar-refractivity contribution < 1.29 is 13.9 Å². The Morgan fingerprint density at radius 3 is 2.78 bits per heavy atom. The molecule has 0 bridgehead atoms. The number of fused-ring (bicyclic) bond motifs is 1. The SMILES string of the molecule is COc1ccccc1-c1csc2nc(NC(=O)Cc3ccc(F)cc3)nn12. The van der Waals surface area contributed by atoms with Crippen molar-refractivity contribution in [3.05, 3.63) is 65.3 Å². The summed E-state index contributed by atoms with van der Waals surface area (Å²) in [5.41, 5.74) is 2.43. The van der Waals surface area contributed by atoms with E-state index in [1.54, 1.807) is 23.8 Å². The summed E-state index contributed by atoms with van der Waals surface area (Å²) in [6, 6.07) is 13.4. The molecule has 27 heavy (non-hydrogen) atoms. The molecule has 0 atom stereocenters. The van der Waals surface area contributed by atoms with Gasteiger partial charge in [0.15, 0.2) is 0 Å². The summed E-state index contributed by atoms with van der Waals surface area (Å²) >= 11 is 1.42. The van der Waals surface area contributed by atoms with E-state index in [9.17, 15) is 9.18 Å². The van der Waals surface area contributed by atoms with Crippen LogP contribution in [0.3, 0.4) is 0 Å². The number of ether oxygens (including phenoxy) is 1. The molecule has 0 aliphatic rings. The average Bonchev–Trinajstić information content (AvgIpc) is 3.23. The Labute approximate surface area is 158 Å². The van der Waals surface area contributed by atoms with Crippen LogP contribution in [0.2, 0.25) is 0 Å². The molecule has 4 aromatic rings. The van der Waals surface area contributed by atoms with Gasteiger partial charge in [-0.15, -0.1) is 16.4 Å². The highest BCUT2D eigenvalue weighted by Crippen LogP contribution is 2.32. The zero-order valence-corrected chi connectivity index (χ0v) is 15.2. The lowest BCUT2D eigenvalue weighted by Gasteiger charge is -2.06. The number of methoxy groups -OCH3 is 1. The number of nitrogens with zero attached hydrogens (tertiary/aromatic N) is 3. The van der Waals surface area contributed by atoms with E-state index in [0.29, 0.717) is 10.5 Å². The van der Waals surface area contributed by atoms with Crippen LogP contribution in [0.4, 0.5) is 10.3 Å². The molecule has 2 aromatic carbocycles. The summed E-state index contributed by atoms with van der Waals surface area (Å²) in [6.45, 7) is 0. The van der Waals surface area contributed by atoms with Crippen molar-refractivity contribution in [2.45, 2.75) is 6.42 Å². The van der Waals surface area contributed by atoms with Crippen LogP contribution in [0.1, 0.15) is 5.56 Å². The number of halogens is 1. The highest BCUT2D eigenvalue weighted by molar-refractivity contribution is 7.15. The number of carbonyl (C=O) groups excluding carboxylic acids is 1. The number of amides is 1. The van der Waals surface area contributed by atoms with E-state index in [4.69, 9.17) is 4.74 Å². The zero-order valence-electron chi connectivity index (χ0n) is 14.3. The molecule has 6 nitrogen and oxygen atoms in total. The molecular weight excluding hydrogens is 367 g/mol. The quantitative estimate of drug-likeness (QED) is 0.570. The van der Waals surface area contributed by atoms with Gasteiger partial charge in [-0.2, -0.15) is 4.98 Å². The molecule has 2 aromatic heterocycles. The fraction of sp³-hybridized carbons (Fsp3) is 0.105. The second-order valence-electron chi connectivity index (χ2n) is 5.80. The molecular formula is C19H15FN4O2S. The predicted octanol–water partition coefficient (Wildman–Crippen LogP) is 3.79. The minimum Gasteiger partial charge on any atom is -0.496 e. The second-order valence-corrected chi connectivity index (χ2v) is 6.64. The van der Waals surface area contributed by atoms with E-state index in [0.717, 1.165) is 17.0 Å². The maximum absolute atomic E-state index is 13.0. The Balaban J connectivity index is 1.56. The molecule has 136 valence electrons. The second kappa shape index (κ2) is 7.16. The highest BCUT2D eigenvalue weighted by Gasteiger charge is 2.15. The van der Waals surface area contributed by atoms with Crippen molar-refractivity contribution in [3.8, 4) is 17.0 Å². The van der Waals surface area contributed by atoms with E-state index in [2.05, 4.69) is 15.4 Å². The van der Waals surface area contributed by atoms with Gasteiger partial charge in [-0.3, -0.25) is 10.1 Å². The van der Waals surface area contributed by atoms with Gasteiger partial charge in [0.05, 0.1) is 19.2 Å². The average molecular weight is 382 g/mol. The van der Waals surface area contributed by atoms with Crippen LogP contribution in [-0.4, -0.2) is 27.6 Å². The lowest BCUT2D eigenvalue weighted by molar-refractivity contribution is -0.115. The fourth-order valence-electron chi connectivity index (χ4n) is 2.73. The number of rotatable bonds is 5. The Kier molecular flexibility index (Phi) is 4.55. The van der Waals surface area contributed by atoms with Crippen molar-refractivity contribution in [2.75, 3.05) is 12.4 Å². The molecule has 1 N–H and O–H groups in total. The maximum atomic E-state index is 13.0. The van der Waals surface area contributed by atoms with E-state index < -0.39 is 0 Å². The number of benzene rings is 2. The number of hydrogen-bond acceptors (Lipinski definition) is 5. The smallest absolute Gasteiger partial charge is 0.250 e. The molecule has 0 unspecified atom stereocenters. The molecule has 4 rings (SSSR count). The van der Waals surface area contributed by atoms with Crippen LogP contribution in [0.15, 0.2) is 53.9 Å². The molecule has 2 heterocycles. The molecule has 0 saturated heterocycles. The highest BCUT2D eigenvalue weighted by atomic mass is 32.1. The Bertz CT molecular complexity index is 1100. The number of thiazole rings is 1. The summed E-state index contributed by atoms with van der Waals surface area (Å²) < 4.78 is 20.0. The number of hydrogen-bond donors (Lipinski definition) is 1. The molecule has 0 aliphatic carbocycles. The van der Waals surface area contributed by atoms with Crippen LogP contribution in [-0.2, 0) is 11.2 Å². The largest absolute Gasteiger partial charge is 0.496 e. The third-order valence-electron chi connectivity index (χ3n) is 3.99. The predicted molar refractivity (Wildman–Crippen MR) is 102 cm³/mol. The maximum Gasteiger partial charge on any atom is 0.250 e. The number of anilines is 1. The Morgan fingerprint density at radius 1 is 1.22 bits per heavy atom. The van der Waals surface area contributed by atoms with Crippen LogP contribution in [0, 0.1) is 5.82 Å². The Morgan fingerprint density at radius 2 is 2.00 bits per heavy atom. The number of nitrogens with one attached hydrogen (secondary N) is 1. The number of aromatic nitrogens is 3. The standard InChI is InChI=1S/C19H15FN4O2S/c1-26-16-5-3-2-4-14(16)15-11-27-19-22-18(23-24(15)19)21-17(25)10-12-6-8-13(20)9-7-12/h2-9,11H,10H2,1H3,(H,21,23,25). The van der Waals surface area contributed by atoms with Gasteiger partial charge in [-0.05, 0) is 29.8 Å². The normalized spacial score (nSPS) is 10.9. The summed E-state index contributed by atoms with van der Waals surface area (Å²) in [5.74, 6) is 0.359. The first-order valence-electron chi connectivity index (χ1n) is 8.16. The first-order chi connectivity index (χ1) is 13.1. The van der Waals surface area contributed by atoms with E-state index in [-0.39, 0.29) is 24.1 Å². The lowest BCUT2D eigenvalue weighted by atomic mass is 10.1. The van der Waals surface area contributed by atoms with Gasteiger partial charge in [0.2, 0.25) is 16.8 Å². The number of para-hydroxylation sites is 1. The summed E-state index contributed by atoms with van der Waals surface area (Å²) in [7, 11) is 1.62. The van der Waals surface area contributed by atoms with Gasteiger partial charge in [-0.25, -0.2) is 8.91 Å². The Hall–Kier alpha value is -3.26. The fourth-order valence-corrected chi connectivity index (χ4v) is 3.55. The first-order valence-corrected chi connectivity index (χ1v) is 9.04. The minimum absolute atomic E-state index is 0.118. The topological polar surface area (TPSA) is 68.5 Å². The monoisotopic (exact) mass is 382 g/mol. The molecule has 0 aliphatic heterocycles. The zero-order chi connectivity index (χ0) is 18.8. The van der Waals surface area contributed by atoms with Crippen molar-refractivity contribution >= 4 is 28.2 Å². The van der Waals surface area contributed by atoms with Gasteiger partial charge in [0, 0.05) is 10.9 Å². The van der Waals surface area contributed by atoms with Crippen molar-refractivity contribution in [3.63, 3.8) is 0 Å². The van der Waals surface area contributed by atoms with Crippen LogP contribution in [0.25, 0.3) is 16.2 Å². The van der Waals surface area contributed by atoms with E-state index in [1.807, 2.05) is 29.6 Å². The number of carbonyl (C=O) groups is 1. The van der Waals surface area contributed by atoms with E-state index in [1.165, 1.54) is 23.5 Å². The molecule has 1 amide bonds.